The highest BCUT2D eigenvalue weighted by Crippen LogP contribution is 2.37. The highest BCUT2D eigenvalue weighted by atomic mass is 35.5. The maximum atomic E-state index is 12.7. The fraction of sp³-hybridized carbons (Fsp3) is 0.222. The van der Waals surface area contributed by atoms with Crippen molar-refractivity contribution in [3.05, 3.63) is 45.9 Å². The molecule has 2 aromatic rings. The molecule has 0 heterocycles. The number of anilines is 2. The molecule has 0 radical (unpaired) electrons. The van der Waals surface area contributed by atoms with E-state index in [0.29, 0.717) is 10.7 Å². The molecule has 0 fully saturated rings. The molecular formula is C18H19Cl2N3O4. The number of halogens is 2. The van der Waals surface area contributed by atoms with Gasteiger partial charge in [-0.2, -0.15) is 0 Å². The second kappa shape index (κ2) is 8.83. The van der Waals surface area contributed by atoms with Crippen LogP contribution in [-0.4, -0.2) is 39.6 Å². The lowest BCUT2D eigenvalue weighted by Gasteiger charge is -2.19. The van der Waals surface area contributed by atoms with Gasteiger partial charge >= 0.3 is 0 Å². The molecule has 0 bridgehead atoms. The molecule has 0 spiro atoms. The monoisotopic (exact) mass is 411 g/mol. The van der Waals surface area contributed by atoms with Gasteiger partial charge in [-0.15, -0.1) is 0 Å². The Morgan fingerprint density at radius 3 is 2.48 bits per heavy atom. The van der Waals surface area contributed by atoms with Gasteiger partial charge in [0.2, 0.25) is 0 Å². The Labute approximate surface area is 166 Å². The Morgan fingerprint density at radius 2 is 1.89 bits per heavy atom. The van der Waals surface area contributed by atoms with Crippen molar-refractivity contribution in [2.24, 2.45) is 5.73 Å². The van der Waals surface area contributed by atoms with E-state index in [-0.39, 0.29) is 28.7 Å². The fourth-order valence-electron chi connectivity index (χ4n) is 2.33. The first-order valence-corrected chi connectivity index (χ1v) is 8.55. The molecule has 7 nitrogen and oxygen atoms in total. The van der Waals surface area contributed by atoms with Gasteiger partial charge in [0, 0.05) is 24.7 Å². The first-order chi connectivity index (χ1) is 12.7. The lowest BCUT2D eigenvalue weighted by atomic mass is 10.1. The molecule has 2 rings (SSSR count). The largest absolute Gasteiger partial charge is 0.493 e. The van der Waals surface area contributed by atoms with E-state index in [1.807, 2.05) is 19.0 Å². The standard InChI is InChI=1S/C18H19Cl2N3O4/c1-23(2)14-5-4-11(19)8-13(14)22-18(25)10-6-12(20)17(15(7-10)26-3)27-9-16(21)24/h4-8H,9H2,1-3H3,(H2,21,24)(H,22,25). The summed E-state index contributed by atoms with van der Waals surface area (Å²) in [6.45, 7) is -0.365. The van der Waals surface area contributed by atoms with Gasteiger partial charge in [0.1, 0.15) is 0 Å². The van der Waals surface area contributed by atoms with Gasteiger partial charge in [-0.25, -0.2) is 0 Å². The van der Waals surface area contributed by atoms with Crippen LogP contribution in [0.15, 0.2) is 30.3 Å². The molecule has 0 saturated heterocycles. The molecule has 0 aromatic heterocycles. The van der Waals surface area contributed by atoms with Crippen LogP contribution in [0.4, 0.5) is 11.4 Å². The minimum Gasteiger partial charge on any atom is -0.493 e. The second-order valence-corrected chi connectivity index (χ2v) is 6.60. The lowest BCUT2D eigenvalue weighted by Crippen LogP contribution is -2.20. The molecule has 0 aliphatic rings. The molecular weight excluding hydrogens is 393 g/mol. The minimum atomic E-state index is -0.660. The van der Waals surface area contributed by atoms with Crippen molar-refractivity contribution in [1.29, 1.82) is 0 Å². The van der Waals surface area contributed by atoms with Gasteiger partial charge in [0.05, 0.1) is 23.5 Å². The predicted octanol–water partition coefficient (Wildman–Crippen LogP) is 3.18. The third-order valence-corrected chi connectivity index (χ3v) is 4.05. The van der Waals surface area contributed by atoms with Gasteiger partial charge in [-0.1, -0.05) is 23.2 Å². The molecule has 3 N–H and O–H groups in total. The van der Waals surface area contributed by atoms with Crippen molar-refractivity contribution in [3.8, 4) is 11.5 Å². The first-order valence-electron chi connectivity index (χ1n) is 7.79. The normalized spacial score (nSPS) is 10.3. The number of amides is 2. The van der Waals surface area contributed by atoms with E-state index in [1.165, 1.54) is 19.2 Å². The van der Waals surface area contributed by atoms with Crippen molar-refractivity contribution in [2.45, 2.75) is 0 Å². The zero-order valence-electron chi connectivity index (χ0n) is 15.0. The number of hydrogen-bond acceptors (Lipinski definition) is 5. The Balaban J connectivity index is 2.33. The number of carbonyl (C=O) groups is 2. The quantitative estimate of drug-likeness (QED) is 0.729. The maximum Gasteiger partial charge on any atom is 0.255 e. The molecule has 2 aromatic carbocycles. The number of nitrogens with zero attached hydrogens (tertiary/aromatic N) is 1. The van der Waals surface area contributed by atoms with Crippen molar-refractivity contribution in [3.63, 3.8) is 0 Å². The summed E-state index contributed by atoms with van der Waals surface area (Å²) in [7, 11) is 5.10. The van der Waals surface area contributed by atoms with Gasteiger partial charge in [-0.05, 0) is 30.3 Å². The smallest absolute Gasteiger partial charge is 0.255 e. The van der Waals surface area contributed by atoms with Crippen LogP contribution in [0, 0.1) is 0 Å². The van der Waals surface area contributed by atoms with Crippen LogP contribution in [0.1, 0.15) is 10.4 Å². The van der Waals surface area contributed by atoms with E-state index in [9.17, 15) is 9.59 Å². The zero-order chi connectivity index (χ0) is 20.1. The van der Waals surface area contributed by atoms with E-state index in [0.717, 1.165) is 5.69 Å². The number of nitrogens with two attached hydrogens (primary N) is 1. The van der Waals surface area contributed by atoms with Crippen LogP contribution in [-0.2, 0) is 4.79 Å². The van der Waals surface area contributed by atoms with Gasteiger partial charge in [0.25, 0.3) is 11.8 Å². The molecule has 27 heavy (non-hydrogen) atoms. The summed E-state index contributed by atoms with van der Waals surface area (Å²) in [6, 6.07) is 8.05. The number of methoxy groups -OCH3 is 1. The number of nitrogens with one attached hydrogen (secondary N) is 1. The van der Waals surface area contributed by atoms with E-state index in [4.69, 9.17) is 38.4 Å². The van der Waals surface area contributed by atoms with Gasteiger partial charge < -0.3 is 25.4 Å². The number of hydrogen-bond donors (Lipinski definition) is 2. The molecule has 9 heteroatoms. The summed E-state index contributed by atoms with van der Waals surface area (Å²) in [5.41, 5.74) is 6.64. The molecule has 2 amide bonds. The first kappa shape index (κ1) is 20.7. The van der Waals surface area contributed by atoms with Crippen LogP contribution in [0.25, 0.3) is 0 Å². The number of ether oxygens (including phenoxy) is 2. The summed E-state index contributed by atoms with van der Waals surface area (Å²) in [6.07, 6.45) is 0. The van der Waals surface area contributed by atoms with Crippen LogP contribution >= 0.6 is 23.2 Å². The van der Waals surface area contributed by atoms with Crippen molar-refractivity contribution in [1.82, 2.24) is 0 Å². The Hall–Kier alpha value is -2.64. The van der Waals surface area contributed by atoms with Crippen molar-refractivity contribution >= 4 is 46.4 Å². The Morgan fingerprint density at radius 1 is 1.19 bits per heavy atom. The summed E-state index contributed by atoms with van der Waals surface area (Å²) in [5.74, 6) is -0.742. The Kier molecular flexibility index (Phi) is 6.76. The topological polar surface area (TPSA) is 93.9 Å². The third kappa shape index (κ3) is 5.18. The average Bonchev–Trinajstić information content (AvgIpc) is 2.59. The second-order valence-electron chi connectivity index (χ2n) is 5.75. The SMILES string of the molecule is COc1cc(C(=O)Nc2cc(Cl)ccc2N(C)C)cc(Cl)c1OCC(N)=O. The molecule has 0 aliphatic carbocycles. The number of rotatable bonds is 7. The summed E-state index contributed by atoms with van der Waals surface area (Å²) in [4.78, 5) is 25.5. The van der Waals surface area contributed by atoms with Crippen LogP contribution in [0.2, 0.25) is 10.0 Å². The molecule has 0 unspecified atom stereocenters. The van der Waals surface area contributed by atoms with Crippen LogP contribution < -0.4 is 25.4 Å². The van der Waals surface area contributed by atoms with Gasteiger partial charge in [-0.3, -0.25) is 9.59 Å². The highest BCUT2D eigenvalue weighted by Gasteiger charge is 2.18. The number of benzene rings is 2. The van der Waals surface area contributed by atoms with Crippen LogP contribution in [0.5, 0.6) is 11.5 Å². The lowest BCUT2D eigenvalue weighted by molar-refractivity contribution is -0.119. The number of primary amides is 1. The maximum absolute atomic E-state index is 12.7. The van der Waals surface area contributed by atoms with E-state index < -0.39 is 11.8 Å². The van der Waals surface area contributed by atoms with Crippen LogP contribution in [0.3, 0.4) is 0 Å². The predicted molar refractivity (Wildman–Crippen MR) is 106 cm³/mol. The molecule has 0 atom stereocenters. The average molecular weight is 412 g/mol. The van der Waals surface area contributed by atoms with Crippen molar-refractivity contribution < 1.29 is 19.1 Å². The van der Waals surface area contributed by atoms with E-state index in [2.05, 4.69) is 5.32 Å². The molecule has 144 valence electrons. The Bertz CT molecular complexity index is 872. The zero-order valence-corrected chi connectivity index (χ0v) is 16.5. The van der Waals surface area contributed by atoms with E-state index >= 15 is 0 Å². The summed E-state index contributed by atoms with van der Waals surface area (Å²) < 4.78 is 10.5. The third-order valence-electron chi connectivity index (χ3n) is 3.54. The fourth-order valence-corrected chi connectivity index (χ4v) is 2.76. The summed E-state index contributed by atoms with van der Waals surface area (Å²) >= 11 is 12.2. The molecule has 0 aliphatic heterocycles. The molecule has 0 saturated carbocycles. The minimum absolute atomic E-state index is 0.111. The summed E-state index contributed by atoms with van der Waals surface area (Å²) in [5, 5.41) is 3.40. The highest BCUT2D eigenvalue weighted by molar-refractivity contribution is 6.33. The van der Waals surface area contributed by atoms with E-state index in [1.54, 1.807) is 18.2 Å². The number of carbonyl (C=O) groups excluding carboxylic acids is 2. The van der Waals surface area contributed by atoms with Crippen molar-refractivity contribution in [2.75, 3.05) is 38.0 Å². The van der Waals surface area contributed by atoms with Gasteiger partial charge in [0.15, 0.2) is 18.1 Å².